The summed E-state index contributed by atoms with van der Waals surface area (Å²) >= 11 is 0. The van der Waals surface area contributed by atoms with Crippen LogP contribution in [0.4, 0.5) is 0 Å². The highest BCUT2D eigenvalue weighted by Gasteiger charge is 2.37. The zero-order valence-electron chi connectivity index (χ0n) is 15.4. The van der Waals surface area contributed by atoms with Crippen molar-refractivity contribution in [1.82, 2.24) is 10.2 Å². The number of hydrogen-bond acceptors (Lipinski definition) is 2. The van der Waals surface area contributed by atoms with Crippen molar-refractivity contribution < 1.29 is 14.5 Å². The van der Waals surface area contributed by atoms with E-state index in [1.807, 2.05) is 65.6 Å². The molecule has 1 saturated carbocycles. The maximum absolute atomic E-state index is 12.9. The number of amides is 2. The smallest absolute Gasteiger partial charge is 0.283 e. The summed E-state index contributed by atoms with van der Waals surface area (Å²) in [7, 11) is 0. The van der Waals surface area contributed by atoms with Crippen LogP contribution in [0.15, 0.2) is 60.7 Å². The Morgan fingerprint density at radius 3 is 2.11 bits per heavy atom. The fourth-order valence-corrected chi connectivity index (χ4v) is 3.78. The summed E-state index contributed by atoms with van der Waals surface area (Å²) in [4.78, 5) is 28.7. The molecular formula is C22H26N3O2+. The minimum absolute atomic E-state index is 0.0772. The van der Waals surface area contributed by atoms with Crippen LogP contribution < -0.4 is 10.2 Å². The third-order valence-corrected chi connectivity index (χ3v) is 5.44. The van der Waals surface area contributed by atoms with Crippen LogP contribution in [-0.2, 0) is 4.79 Å². The molecule has 0 aromatic heterocycles. The van der Waals surface area contributed by atoms with Gasteiger partial charge in [0.1, 0.15) is 0 Å². The van der Waals surface area contributed by atoms with E-state index in [4.69, 9.17) is 0 Å². The molecule has 1 aliphatic heterocycles. The molecule has 27 heavy (non-hydrogen) atoms. The molecule has 2 N–H and O–H groups in total. The molecule has 140 valence electrons. The topological polar surface area (TPSA) is 53.9 Å². The second-order valence-corrected chi connectivity index (χ2v) is 7.44. The molecule has 0 spiro atoms. The third-order valence-electron chi connectivity index (χ3n) is 5.44. The van der Waals surface area contributed by atoms with Crippen LogP contribution in [0.1, 0.15) is 34.8 Å². The maximum Gasteiger partial charge on any atom is 0.283 e. The second-order valence-electron chi connectivity index (χ2n) is 7.44. The first-order valence-corrected chi connectivity index (χ1v) is 9.76. The zero-order valence-corrected chi connectivity index (χ0v) is 15.4. The van der Waals surface area contributed by atoms with Crippen molar-refractivity contribution in [3.63, 3.8) is 0 Å². The van der Waals surface area contributed by atoms with Crippen molar-refractivity contribution in [3.05, 3.63) is 71.8 Å². The van der Waals surface area contributed by atoms with Crippen LogP contribution in [0.3, 0.4) is 0 Å². The Morgan fingerprint density at radius 1 is 0.926 bits per heavy atom. The molecule has 1 heterocycles. The molecule has 4 rings (SSSR count). The van der Waals surface area contributed by atoms with Gasteiger partial charge in [-0.3, -0.25) is 9.59 Å². The number of carbonyl (C=O) groups excluding carboxylic acids is 2. The van der Waals surface area contributed by atoms with Crippen LogP contribution in [0.25, 0.3) is 0 Å². The molecule has 1 saturated heterocycles. The Hall–Kier alpha value is -2.66. The van der Waals surface area contributed by atoms with Gasteiger partial charge in [-0.05, 0) is 25.0 Å². The van der Waals surface area contributed by atoms with Gasteiger partial charge in [-0.2, -0.15) is 0 Å². The van der Waals surface area contributed by atoms with Crippen LogP contribution in [-0.4, -0.2) is 48.9 Å². The molecule has 2 aromatic carbocycles. The summed E-state index contributed by atoms with van der Waals surface area (Å²) in [5.74, 6) is 0.190. The van der Waals surface area contributed by atoms with Gasteiger partial charge >= 0.3 is 0 Å². The molecule has 5 heteroatoms. The van der Waals surface area contributed by atoms with Crippen molar-refractivity contribution in [1.29, 1.82) is 0 Å². The highest BCUT2D eigenvalue weighted by atomic mass is 16.2. The minimum atomic E-state index is -0.208. The largest absolute Gasteiger partial charge is 0.348 e. The Morgan fingerprint density at radius 2 is 1.52 bits per heavy atom. The average molecular weight is 364 g/mol. The summed E-state index contributed by atoms with van der Waals surface area (Å²) in [5.41, 5.74) is 1.78. The predicted molar refractivity (Wildman–Crippen MR) is 103 cm³/mol. The molecule has 2 aromatic rings. The van der Waals surface area contributed by atoms with Crippen molar-refractivity contribution in [2.75, 3.05) is 26.2 Å². The van der Waals surface area contributed by atoms with E-state index < -0.39 is 0 Å². The summed E-state index contributed by atoms with van der Waals surface area (Å²) < 4.78 is 0. The first-order chi connectivity index (χ1) is 13.2. The number of quaternary nitrogens is 1. The van der Waals surface area contributed by atoms with Crippen LogP contribution in [0.5, 0.6) is 0 Å². The fourth-order valence-electron chi connectivity index (χ4n) is 3.78. The Bertz CT molecular complexity index is 782. The van der Waals surface area contributed by atoms with Crippen LogP contribution in [0, 0.1) is 0 Å². The molecule has 2 amide bonds. The van der Waals surface area contributed by atoms with E-state index in [1.165, 1.54) is 4.90 Å². The van der Waals surface area contributed by atoms with Crippen molar-refractivity contribution in [2.24, 2.45) is 0 Å². The molecular weight excluding hydrogens is 338 g/mol. The van der Waals surface area contributed by atoms with E-state index in [0.717, 1.165) is 37.1 Å². The maximum atomic E-state index is 12.9. The highest BCUT2D eigenvalue weighted by Crippen LogP contribution is 2.20. The van der Waals surface area contributed by atoms with Gasteiger partial charge in [-0.25, -0.2) is 0 Å². The van der Waals surface area contributed by atoms with E-state index >= 15 is 0 Å². The molecule has 0 bridgehead atoms. The number of hydrogen-bond donors (Lipinski definition) is 2. The highest BCUT2D eigenvalue weighted by molar-refractivity contribution is 5.94. The van der Waals surface area contributed by atoms with Gasteiger partial charge in [0.25, 0.3) is 11.8 Å². The normalized spacial score (nSPS) is 18.7. The number of carbonyl (C=O) groups is 2. The number of benzene rings is 2. The lowest BCUT2D eigenvalue weighted by Gasteiger charge is -2.36. The fraction of sp³-hybridized carbons (Fsp3) is 0.364. The molecule has 2 fully saturated rings. The van der Waals surface area contributed by atoms with E-state index in [2.05, 4.69) is 5.32 Å². The average Bonchev–Trinajstić information content (AvgIpc) is 3.54. The van der Waals surface area contributed by atoms with Gasteiger partial charge in [0, 0.05) is 17.2 Å². The van der Waals surface area contributed by atoms with Gasteiger partial charge < -0.3 is 15.1 Å². The van der Waals surface area contributed by atoms with Crippen molar-refractivity contribution in [3.8, 4) is 0 Å². The number of rotatable bonds is 5. The van der Waals surface area contributed by atoms with Gasteiger partial charge in [-0.1, -0.05) is 48.5 Å². The van der Waals surface area contributed by atoms with Crippen molar-refractivity contribution >= 4 is 11.8 Å². The molecule has 0 unspecified atom stereocenters. The van der Waals surface area contributed by atoms with Gasteiger partial charge in [0.15, 0.2) is 6.04 Å². The van der Waals surface area contributed by atoms with Crippen molar-refractivity contribution in [2.45, 2.75) is 24.9 Å². The molecule has 1 aliphatic carbocycles. The first-order valence-electron chi connectivity index (χ1n) is 9.76. The second kappa shape index (κ2) is 7.92. The molecule has 5 nitrogen and oxygen atoms in total. The first kappa shape index (κ1) is 17.7. The molecule has 1 atom stereocenters. The van der Waals surface area contributed by atoms with E-state index in [0.29, 0.717) is 19.1 Å². The van der Waals surface area contributed by atoms with E-state index in [1.54, 1.807) is 0 Å². The summed E-state index contributed by atoms with van der Waals surface area (Å²) in [5, 5.41) is 3.17. The number of piperazine rings is 1. The lowest BCUT2D eigenvalue weighted by molar-refractivity contribution is -0.925. The Kier molecular flexibility index (Phi) is 5.21. The third kappa shape index (κ3) is 4.19. The summed E-state index contributed by atoms with van der Waals surface area (Å²) in [6, 6.07) is 19.6. The lowest BCUT2D eigenvalue weighted by Crippen LogP contribution is -3.16. The van der Waals surface area contributed by atoms with Crippen LogP contribution in [0.2, 0.25) is 0 Å². The van der Waals surface area contributed by atoms with Gasteiger partial charge in [-0.15, -0.1) is 0 Å². The van der Waals surface area contributed by atoms with Gasteiger partial charge in [0.2, 0.25) is 0 Å². The van der Waals surface area contributed by atoms with E-state index in [9.17, 15) is 9.59 Å². The quantitative estimate of drug-likeness (QED) is 0.833. The lowest BCUT2D eigenvalue weighted by atomic mass is 10.0. The van der Waals surface area contributed by atoms with Crippen LogP contribution >= 0.6 is 0 Å². The standard InChI is InChI=1S/C22H25N3O2/c26-21(23-19-11-12-19)20(17-7-3-1-4-8-17)24-13-15-25(16-14-24)22(27)18-9-5-2-6-10-18/h1-10,19-20H,11-16H2,(H,23,26)/p+1/t20-/m0/s1. The van der Waals surface area contributed by atoms with Gasteiger partial charge in [0.05, 0.1) is 26.2 Å². The summed E-state index contributed by atoms with van der Waals surface area (Å²) in [6.07, 6.45) is 2.17. The summed E-state index contributed by atoms with van der Waals surface area (Å²) in [6.45, 7) is 2.89. The minimum Gasteiger partial charge on any atom is -0.348 e. The molecule has 0 radical (unpaired) electrons. The molecule has 2 aliphatic rings. The predicted octanol–water partition coefficient (Wildman–Crippen LogP) is 1.05. The number of nitrogens with one attached hydrogen (secondary N) is 2. The number of nitrogens with zero attached hydrogens (tertiary/aromatic N) is 1. The van der Waals surface area contributed by atoms with E-state index in [-0.39, 0.29) is 17.9 Å². The zero-order chi connectivity index (χ0) is 18.6. The Balaban J connectivity index is 1.45. The monoisotopic (exact) mass is 364 g/mol. The SMILES string of the molecule is O=C(NC1CC1)[C@H](c1ccccc1)[NH+]1CCN(C(=O)c2ccccc2)CC1. The Labute approximate surface area is 160 Å².